The summed E-state index contributed by atoms with van der Waals surface area (Å²) < 4.78 is 14.1. The Balaban J connectivity index is 2.56. The lowest BCUT2D eigenvalue weighted by Gasteiger charge is -2.32. The molecule has 12 heavy (non-hydrogen) atoms. The van der Waals surface area contributed by atoms with E-state index >= 15 is 0 Å². The van der Waals surface area contributed by atoms with Crippen LogP contribution in [0.15, 0.2) is 0 Å². The van der Waals surface area contributed by atoms with Gasteiger partial charge in [-0.2, -0.15) is 0 Å². The molecule has 0 aromatic carbocycles. The first-order valence-electron chi connectivity index (χ1n) is 5.01. The minimum absolute atomic E-state index is 0.0902. The molecule has 1 N–H and O–H groups in total. The van der Waals surface area contributed by atoms with Crippen LogP contribution >= 0.6 is 0 Å². The van der Waals surface area contributed by atoms with Crippen LogP contribution in [0.25, 0.3) is 0 Å². The third-order valence-corrected chi connectivity index (χ3v) is 3.32. The Morgan fingerprint density at radius 2 is 2.33 bits per heavy atom. The molecule has 1 aliphatic rings. The summed E-state index contributed by atoms with van der Waals surface area (Å²) in [5.41, 5.74) is -1.02. The van der Waals surface area contributed by atoms with Gasteiger partial charge in [-0.3, -0.25) is 0 Å². The molecular weight excluding hydrogens is 153 g/mol. The fourth-order valence-corrected chi connectivity index (χ4v) is 1.91. The van der Waals surface area contributed by atoms with E-state index in [0.29, 0.717) is 0 Å². The Kier molecular flexibility index (Phi) is 3.10. The second kappa shape index (κ2) is 3.73. The van der Waals surface area contributed by atoms with Gasteiger partial charge in [0.1, 0.15) is 5.67 Å². The molecule has 1 rings (SSSR count). The Labute approximate surface area is 74.7 Å². The molecule has 1 aliphatic heterocycles. The third kappa shape index (κ3) is 1.79. The molecular formula is C10H20FN. The molecule has 0 bridgehead atoms. The minimum Gasteiger partial charge on any atom is -0.311 e. The SMILES string of the molecule is CCC(C)C(C)(F)C1CCCN1. The van der Waals surface area contributed by atoms with Crippen LogP contribution in [-0.4, -0.2) is 18.3 Å². The van der Waals surface area contributed by atoms with Crippen LogP contribution in [-0.2, 0) is 0 Å². The molecule has 0 aromatic rings. The minimum atomic E-state index is -1.02. The number of alkyl halides is 1. The van der Waals surface area contributed by atoms with Crippen molar-refractivity contribution in [3.05, 3.63) is 0 Å². The van der Waals surface area contributed by atoms with Crippen molar-refractivity contribution in [2.45, 2.75) is 51.7 Å². The second-order valence-electron chi connectivity index (χ2n) is 4.11. The summed E-state index contributed by atoms with van der Waals surface area (Å²) in [7, 11) is 0. The van der Waals surface area contributed by atoms with Crippen molar-refractivity contribution < 1.29 is 4.39 Å². The van der Waals surface area contributed by atoms with Crippen molar-refractivity contribution in [1.29, 1.82) is 0 Å². The molecule has 2 heteroatoms. The van der Waals surface area contributed by atoms with Crippen LogP contribution in [0.3, 0.4) is 0 Å². The topological polar surface area (TPSA) is 12.0 Å². The molecule has 0 aliphatic carbocycles. The highest BCUT2D eigenvalue weighted by Gasteiger charge is 2.39. The fraction of sp³-hybridized carbons (Fsp3) is 1.00. The Bertz CT molecular complexity index is 139. The highest BCUT2D eigenvalue weighted by atomic mass is 19.1. The van der Waals surface area contributed by atoms with Gasteiger partial charge in [-0.25, -0.2) is 4.39 Å². The molecule has 1 saturated heterocycles. The fourth-order valence-electron chi connectivity index (χ4n) is 1.91. The number of hydrogen-bond donors (Lipinski definition) is 1. The van der Waals surface area contributed by atoms with Crippen molar-refractivity contribution >= 4 is 0 Å². The predicted molar refractivity (Wildman–Crippen MR) is 50.0 cm³/mol. The summed E-state index contributed by atoms with van der Waals surface area (Å²) in [6, 6.07) is 0.0902. The summed E-state index contributed by atoms with van der Waals surface area (Å²) in [6.45, 7) is 6.78. The first-order chi connectivity index (χ1) is 5.59. The molecule has 0 aromatic heterocycles. The lowest BCUT2D eigenvalue weighted by molar-refractivity contribution is 0.0694. The van der Waals surface area contributed by atoms with Crippen molar-refractivity contribution in [2.75, 3.05) is 6.54 Å². The van der Waals surface area contributed by atoms with E-state index in [1.165, 1.54) is 0 Å². The van der Waals surface area contributed by atoms with E-state index in [0.717, 1.165) is 25.8 Å². The summed E-state index contributed by atoms with van der Waals surface area (Å²) in [4.78, 5) is 0. The molecule has 0 radical (unpaired) electrons. The average molecular weight is 173 g/mol. The summed E-state index contributed by atoms with van der Waals surface area (Å²) >= 11 is 0. The molecule has 0 saturated carbocycles. The van der Waals surface area contributed by atoms with E-state index in [9.17, 15) is 4.39 Å². The quantitative estimate of drug-likeness (QED) is 0.691. The maximum Gasteiger partial charge on any atom is 0.126 e. The van der Waals surface area contributed by atoms with Gasteiger partial charge in [0.15, 0.2) is 0 Å². The van der Waals surface area contributed by atoms with Gasteiger partial charge in [-0.1, -0.05) is 20.3 Å². The number of hydrogen-bond acceptors (Lipinski definition) is 1. The normalized spacial score (nSPS) is 31.5. The molecule has 1 fully saturated rings. The molecule has 72 valence electrons. The summed E-state index contributed by atoms with van der Waals surface area (Å²) in [5, 5.41) is 3.24. The van der Waals surface area contributed by atoms with Gasteiger partial charge < -0.3 is 5.32 Å². The van der Waals surface area contributed by atoms with E-state index in [2.05, 4.69) is 12.2 Å². The molecule has 1 nitrogen and oxygen atoms in total. The molecule has 3 unspecified atom stereocenters. The van der Waals surface area contributed by atoms with Crippen molar-refractivity contribution in [1.82, 2.24) is 5.32 Å². The third-order valence-electron chi connectivity index (χ3n) is 3.32. The Morgan fingerprint density at radius 3 is 2.75 bits per heavy atom. The largest absolute Gasteiger partial charge is 0.311 e. The van der Waals surface area contributed by atoms with E-state index in [-0.39, 0.29) is 12.0 Å². The highest BCUT2D eigenvalue weighted by Crippen LogP contribution is 2.32. The van der Waals surface area contributed by atoms with Gasteiger partial charge in [0.2, 0.25) is 0 Å². The first kappa shape index (κ1) is 9.97. The summed E-state index contributed by atoms with van der Waals surface area (Å²) in [6.07, 6.45) is 3.04. The van der Waals surface area contributed by atoms with Gasteiger partial charge in [-0.15, -0.1) is 0 Å². The molecule has 0 spiro atoms. The summed E-state index contributed by atoms with van der Waals surface area (Å²) in [5.74, 6) is 0.160. The number of nitrogens with one attached hydrogen (secondary N) is 1. The van der Waals surface area contributed by atoms with Crippen LogP contribution in [0.4, 0.5) is 4.39 Å². The van der Waals surface area contributed by atoms with Gasteiger partial charge in [-0.05, 0) is 32.2 Å². The molecule has 3 atom stereocenters. The first-order valence-corrected chi connectivity index (χ1v) is 5.01. The number of rotatable bonds is 3. The van der Waals surface area contributed by atoms with E-state index in [1.54, 1.807) is 6.92 Å². The monoisotopic (exact) mass is 173 g/mol. The van der Waals surface area contributed by atoms with Gasteiger partial charge in [0.25, 0.3) is 0 Å². The zero-order valence-electron chi connectivity index (χ0n) is 8.36. The van der Waals surface area contributed by atoms with E-state index < -0.39 is 5.67 Å². The molecule has 0 amide bonds. The maximum absolute atomic E-state index is 14.1. The zero-order valence-corrected chi connectivity index (χ0v) is 8.36. The van der Waals surface area contributed by atoms with Gasteiger partial charge in [0, 0.05) is 6.04 Å². The van der Waals surface area contributed by atoms with Gasteiger partial charge >= 0.3 is 0 Å². The van der Waals surface area contributed by atoms with E-state index in [4.69, 9.17) is 0 Å². The average Bonchev–Trinajstić information content (AvgIpc) is 2.55. The van der Waals surface area contributed by atoms with Gasteiger partial charge in [0.05, 0.1) is 0 Å². The lowest BCUT2D eigenvalue weighted by atomic mass is 9.83. The highest BCUT2D eigenvalue weighted by molar-refractivity contribution is 4.94. The van der Waals surface area contributed by atoms with Crippen LogP contribution in [0.5, 0.6) is 0 Å². The standard InChI is InChI=1S/C10H20FN/c1-4-8(2)10(3,11)9-6-5-7-12-9/h8-9,12H,4-7H2,1-3H3. The lowest BCUT2D eigenvalue weighted by Crippen LogP contribution is -2.46. The van der Waals surface area contributed by atoms with Crippen LogP contribution in [0.1, 0.15) is 40.0 Å². The second-order valence-corrected chi connectivity index (χ2v) is 4.11. The zero-order chi connectivity index (χ0) is 9.19. The Morgan fingerprint density at radius 1 is 1.67 bits per heavy atom. The van der Waals surface area contributed by atoms with Crippen molar-refractivity contribution in [3.63, 3.8) is 0 Å². The van der Waals surface area contributed by atoms with Crippen LogP contribution in [0.2, 0.25) is 0 Å². The maximum atomic E-state index is 14.1. The smallest absolute Gasteiger partial charge is 0.126 e. The molecule has 1 heterocycles. The Hall–Kier alpha value is -0.110. The van der Waals surface area contributed by atoms with Crippen molar-refractivity contribution in [3.8, 4) is 0 Å². The van der Waals surface area contributed by atoms with Crippen LogP contribution < -0.4 is 5.32 Å². The van der Waals surface area contributed by atoms with Crippen LogP contribution in [0, 0.1) is 5.92 Å². The van der Waals surface area contributed by atoms with E-state index in [1.807, 2.05) is 6.92 Å². The predicted octanol–water partition coefficient (Wildman–Crippen LogP) is 2.51. The number of halogens is 1. The van der Waals surface area contributed by atoms with Crippen molar-refractivity contribution in [2.24, 2.45) is 5.92 Å².